The van der Waals surface area contributed by atoms with Crippen LogP contribution in [0.4, 0.5) is 0 Å². The predicted molar refractivity (Wildman–Crippen MR) is 267 cm³/mol. The number of nitrogens with zero attached hydrogens (tertiary/aromatic N) is 5. The summed E-state index contributed by atoms with van der Waals surface area (Å²) in [5.41, 5.74) is 10.7. The van der Waals surface area contributed by atoms with Gasteiger partial charge in [-0.3, -0.25) is 34.0 Å². The topological polar surface area (TPSA) is 155 Å². The number of likely N-dealkylation sites (N-methyl/N-ethyl adjacent to an activating group) is 1. The molecule has 14 heteroatoms. The van der Waals surface area contributed by atoms with Crippen molar-refractivity contribution in [2.45, 2.75) is 118 Å². The van der Waals surface area contributed by atoms with Crippen LogP contribution < -0.4 is 10.7 Å². The first-order chi connectivity index (χ1) is 33.2. The average molecular weight is 942 g/mol. The van der Waals surface area contributed by atoms with Crippen LogP contribution in [0.3, 0.4) is 0 Å². The van der Waals surface area contributed by atoms with E-state index in [0.29, 0.717) is 39.1 Å². The summed E-state index contributed by atoms with van der Waals surface area (Å²) < 4.78 is 13.5. The molecule has 3 fully saturated rings. The monoisotopic (exact) mass is 942 g/mol. The maximum absolute atomic E-state index is 14.8. The number of hydrazine groups is 1. The molecule has 4 amide bonds. The first kappa shape index (κ1) is 50.8. The summed E-state index contributed by atoms with van der Waals surface area (Å²) >= 11 is 0. The van der Waals surface area contributed by atoms with Gasteiger partial charge in [0.25, 0.3) is 18.3 Å². The number of hydrogen-bond acceptors (Lipinski definition) is 9. The fourth-order valence-electron chi connectivity index (χ4n) is 10.9. The SMILES string of the molecule is CC#CC(=O)N1C[C@H](C)[C@H](C(=O)N(C)[C@H](C(=O)N[C@@H](Cc2cccc(-c3ccc4c(c3)c(CC(C)(C)COC=O)c(-c3cccnc3[C@H](C)OC)n4CC)c2)C(=O)N2CCCCN2)C2CCCC2)C1. The van der Waals surface area contributed by atoms with Gasteiger partial charge in [0, 0.05) is 81.4 Å². The number of rotatable bonds is 18. The number of carbonyl (C=O) groups is 5. The molecule has 2 aliphatic heterocycles. The molecule has 7 rings (SSSR count). The Labute approximate surface area is 407 Å². The smallest absolute Gasteiger partial charge is 0.298 e. The second-order valence-corrected chi connectivity index (χ2v) is 20.0. The molecule has 2 aromatic carbocycles. The molecule has 1 saturated carbocycles. The van der Waals surface area contributed by atoms with Gasteiger partial charge in [0.15, 0.2) is 0 Å². The van der Waals surface area contributed by atoms with E-state index >= 15 is 0 Å². The van der Waals surface area contributed by atoms with Gasteiger partial charge in [-0.2, -0.15) is 0 Å². The Balaban J connectivity index is 1.23. The summed E-state index contributed by atoms with van der Waals surface area (Å²) in [5, 5.41) is 5.91. The number of fused-ring (bicyclic) bond motifs is 1. The highest BCUT2D eigenvalue weighted by atomic mass is 16.5. The third-order valence-electron chi connectivity index (χ3n) is 14.5. The van der Waals surface area contributed by atoms with E-state index in [1.165, 1.54) is 0 Å². The second kappa shape index (κ2) is 22.6. The normalized spacial score (nSPS) is 18.8. The Hall–Kier alpha value is -6.04. The number of likely N-dealkylation sites (tertiary alicyclic amines) is 1. The minimum atomic E-state index is -0.911. The van der Waals surface area contributed by atoms with E-state index < -0.39 is 23.4 Å². The molecule has 0 radical (unpaired) electrons. The van der Waals surface area contributed by atoms with Crippen molar-refractivity contribution >= 4 is 41.0 Å². The molecular formula is C55H71N7O7. The molecule has 0 unspecified atom stereocenters. The summed E-state index contributed by atoms with van der Waals surface area (Å²) in [6.07, 6.45) is 7.70. The highest BCUT2D eigenvalue weighted by Crippen LogP contribution is 2.42. The Bertz CT molecular complexity index is 2560. The molecule has 0 bridgehead atoms. The van der Waals surface area contributed by atoms with Crippen LogP contribution in [0.1, 0.15) is 103 Å². The first-order valence-corrected chi connectivity index (χ1v) is 24.8. The van der Waals surface area contributed by atoms with Gasteiger partial charge in [-0.25, -0.2) is 5.43 Å². The minimum absolute atomic E-state index is 0.0642. The maximum atomic E-state index is 14.8. The molecule has 69 heavy (non-hydrogen) atoms. The number of nitrogens with one attached hydrogen (secondary N) is 2. The molecule has 4 heterocycles. The van der Waals surface area contributed by atoms with Crippen molar-refractivity contribution in [1.29, 1.82) is 0 Å². The Morgan fingerprint density at radius 3 is 2.49 bits per heavy atom. The van der Waals surface area contributed by atoms with E-state index in [9.17, 15) is 24.0 Å². The number of aromatic nitrogens is 2. The summed E-state index contributed by atoms with van der Waals surface area (Å²) in [7, 11) is 3.39. The average Bonchev–Trinajstić information content (AvgIpc) is 4.11. The fourth-order valence-corrected chi connectivity index (χ4v) is 10.9. The molecule has 2 saturated heterocycles. The van der Waals surface area contributed by atoms with E-state index in [4.69, 9.17) is 14.5 Å². The van der Waals surface area contributed by atoms with Crippen molar-refractivity contribution in [1.82, 2.24) is 35.1 Å². The molecular weight excluding hydrogens is 871 g/mol. The van der Waals surface area contributed by atoms with Gasteiger partial charge in [0.2, 0.25) is 11.8 Å². The maximum Gasteiger partial charge on any atom is 0.298 e. The van der Waals surface area contributed by atoms with Crippen molar-refractivity contribution in [2.24, 2.45) is 23.2 Å². The number of benzene rings is 2. The highest BCUT2D eigenvalue weighted by Gasteiger charge is 2.44. The first-order valence-electron chi connectivity index (χ1n) is 24.8. The number of ether oxygens (including phenoxy) is 2. The molecule has 5 atom stereocenters. The van der Waals surface area contributed by atoms with Crippen LogP contribution in [-0.2, 0) is 52.8 Å². The Morgan fingerprint density at radius 1 is 1.03 bits per heavy atom. The van der Waals surface area contributed by atoms with E-state index in [1.54, 1.807) is 42.1 Å². The molecule has 3 aliphatic rings. The second-order valence-electron chi connectivity index (χ2n) is 20.0. The minimum Gasteiger partial charge on any atom is -0.467 e. The Kier molecular flexibility index (Phi) is 16.6. The van der Waals surface area contributed by atoms with E-state index in [2.05, 4.69) is 84.3 Å². The molecule has 4 aromatic rings. The van der Waals surface area contributed by atoms with Crippen LogP contribution in [0, 0.1) is 35.0 Å². The van der Waals surface area contributed by atoms with Gasteiger partial charge in [0.1, 0.15) is 12.1 Å². The van der Waals surface area contributed by atoms with Crippen LogP contribution in [-0.4, -0.2) is 113 Å². The zero-order chi connectivity index (χ0) is 49.4. The number of pyridine rings is 1. The van der Waals surface area contributed by atoms with E-state index in [1.807, 2.05) is 32.0 Å². The number of hydrogen-bond donors (Lipinski definition) is 2. The summed E-state index contributed by atoms with van der Waals surface area (Å²) in [4.78, 5) is 75.8. The Morgan fingerprint density at radius 2 is 1.80 bits per heavy atom. The molecule has 2 aromatic heterocycles. The van der Waals surface area contributed by atoms with Crippen LogP contribution in [0.2, 0.25) is 0 Å². The molecule has 368 valence electrons. The lowest BCUT2D eigenvalue weighted by Crippen LogP contribution is -2.60. The molecule has 2 N–H and O–H groups in total. The number of amides is 4. The standard InChI is InChI=1S/C55H71N7O7/c1-9-17-48(64)60-32-36(3)45(33-60)53(66)59(7)50(39-19-11-12-20-39)52(65)58-46(54(67)62-27-14-13-26-57-62)29-38-18-15-21-40(28-38)41-23-24-47-43(30-41)44(31-55(5,6)34-69-35-63)51(61(47)10-2)42-22-16-25-56-49(42)37(4)68-8/h15-16,18,21-25,28,30,35-37,39,45-46,50,57H,10-14,19-20,26-27,29,31-34H2,1-8H3,(H,58,65)/t36-,37-,45+,46-,50-/m0/s1. The van der Waals surface area contributed by atoms with Crippen molar-refractivity contribution in [2.75, 3.05) is 46.9 Å². The van der Waals surface area contributed by atoms with Gasteiger partial charge >= 0.3 is 0 Å². The van der Waals surface area contributed by atoms with Crippen molar-refractivity contribution in [3.63, 3.8) is 0 Å². The predicted octanol–water partition coefficient (Wildman–Crippen LogP) is 7.13. The van der Waals surface area contributed by atoms with Gasteiger partial charge < -0.3 is 29.2 Å². The largest absolute Gasteiger partial charge is 0.467 e. The lowest BCUT2D eigenvalue weighted by atomic mass is 9.84. The van der Waals surface area contributed by atoms with Crippen LogP contribution >= 0.6 is 0 Å². The van der Waals surface area contributed by atoms with Crippen molar-refractivity contribution in [3.8, 4) is 34.2 Å². The number of aryl methyl sites for hydroxylation is 1. The third kappa shape index (κ3) is 11.4. The van der Waals surface area contributed by atoms with Gasteiger partial charge in [-0.05, 0) is 117 Å². The van der Waals surface area contributed by atoms with Gasteiger partial charge in [-0.15, -0.1) is 0 Å². The summed E-state index contributed by atoms with van der Waals surface area (Å²) in [5.74, 6) is 3.60. The van der Waals surface area contributed by atoms with Crippen LogP contribution in [0.25, 0.3) is 33.3 Å². The third-order valence-corrected chi connectivity index (χ3v) is 14.5. The van der Waals surface area contributed by atoms with E-state index in [-0.39, 0.29) is 61.1 Å². The van der Waals surface area contributed by atoms with Crippen LogP contribution in [0.15, 0.2) is 60.8 Å². The van der Waals surface area contributed by atoms with Gasteiger partial charge in [0.05, 0.1) is 30.0 Å². The quantitative estimate of drug-likeness (QED) is 0.0784. The number of methoxy groups -OCH3 is 1. The molecule has 0 spiro atoms. The number of carbonyl (C=O) groups excluding carboxylic acids is 5. The lowest BCUT2D eigenvalue weighted by molar-refractivity contribution is -0.146. The van der Waals surface area contributed by atoms with Crippen LogP contribution in [0.5, 0.6) is 0 Å². The fraction of sp³-hybridized carbons (Fsp3) is 0.527. The zero-order valence-electron chi connectivity index (χ0n) is 41.8. The van der Waals surface area contributed by atoms with Gasteiger partial charge in [-0.1, -0.05) is 69.9 Å². The summed E-state index contributed by atoms with van der Waals surface area (Å²) in [6.45, 7) is 15.2. The highest BCUT2D eigenvalue weighted by molar-refractivity contribution is 5.97. The summed E-state index contributed by atoms with van der Waals surface area (Å²) in [6, 6.07) is 17.0. The zero-order valence-corrected chi connectivity index (χ0v) is 41.8. The lowest BCUT2D eigenvalue weighted by Gasteiger charge is -2.36. The molecule has 14 nitrogen and oxygen atoms in total. The van der Waals surface area contributed by atoms with Crippen molar-refractivity contribution < 1.29 is 33.4 Å². The molecule has 1 aliphatic carbocycles. The van der Waals surface area contributed by atoms with Crippen molar-refractivity contribution in [3.05, 3.63) is 77.6 Å². The van der Waals surface area contributed by atoms with E-state index in [0.717, 1.165) is 88.6 Å².